The molecule has 1 saturated carbocycles. The lowest BCUT2D eigenvalue weighted by Gasteiger charge is -2.29. The largest absolute Gasteiger partial charge is 0.330 e. The molecule has 2 unspecified atom stereocenters. The fourth-order valence-electron chi connectivity index (χ4n) is 2.96. The van der Waals surface area contributed by atoms with Gasteiger partial charge in [-0.05, 0) is 37.4 Å². The molecule has 1 fully saturated rings. The second kappa shape index (κ2) is 5.89. The van der Waals surface area contributed by atoms with Crippen molar-refractivity contribution in [1.82, 2.24) is 4.98 Å². The van der Waals surface area contributed by atoms with Crippen LogP contribution in [0, 0.1) is 11.8 Å². The molecule has 1 aliphatic carbocycles. The zero-order valence-corrected chi connectivity index (χ0v) is 12.2. The van der Waals surface area contributed by atoms with Crippen molar-refractivity contribution in [3.8, 4) is 0 Å². The van der Waals surface area contributed by atoms with Crippen molar-refractivity contribution < 1.29 is 4.79 Å². The average molecular weight is 289 g/mol. The van der Waals surface area contributed by atoms with Crippen molar-refractivity contribution >= 4 is 32.6 Å². The summed E-state index contributed by atoms with van der Waals surface area (Å²) in [6, 6.07) is 7.92. The molecule has 2 aromatic rings. The summed E-state index contributed by atoms with van der Waals surface area (Å²) < 4.78 is 1.10. The molecule has 3 N–H and O–H groups in total. The van der Waals surface area contributed by atoms with Crippen LogP contribution in [0.15, 0.2) is 24.3 Å². The second-order valence-corrected chi connectivity index (χ2v) is 6.39. The zero-order valence-electron chi connectivity index (χ0n) is 11.3. The number of nitrogens with two attached hydrogens (primary N) is 1. The molecule has 0 aliphatic heterocycles. The van der Waals surface area contributed by atoms with Crippen LogP contribution in [0.1, 0.15) is 25.7 Å². The maximum atomic E-state index is 12.4. The Kier molecular flexibility index (Phi) is 3.98. The molecule has 3 rings (SSSR count). The van der Waals surface area contributed by atoms with Crippen molar-refractivity contribution in [1.29, 1.82) is 0 Å². The summed E-state index contributed by atoms with van der Waals surface area (Å²) in [6.45, 7) is 0.595. The fraction of sp³-hybridized carbons (Fsp3) is 0.467. The lowest BCUT2D eigenvalue weighted by Crippen LogP contribution is -2.35. The third kappa shape index (κ3) is 2.69. The number of thiazole rings is 1. The van der Waals surface area contributed by atoms with Crippen molar-refractivity contribution in [2.75, 3.05) is 11.9 Å². The molecule has 2 atom stereocenters. The van der Waals surface area contributed by atoms with Crippen molar-refractivity contribution in [2.24, 2.45) is 17.6 Å². The molecule has 1 aromatic heterocycles. The summed E-state index contributed by atoms with van der Waals surface area (Å²) in [5.74, 6) is 0.443. The maximum Gasteiger partial charge on any atom is 0.229 e. The van der Waals surface area contributed by atoms with E-state index in [0.29, 0.717) is 17.6 Å². The number of amides is 1. The van der Waals surface area contributed by atoms with Crippen molar-refractivity contribution in [2.45, 2.75) is 25.7 Å². The predicted molar refractivity (Wildman–Crippen MR) is 82.8 cm³/mol. The number of hydrogen-bond acceptors (Lipinski definition) is 4. The molecule has 0 radical (unpaired) electrons. The zero-order chi connectivity index (χ0) is 13.9. The molecule has 0 bridgehead atoms. The van der Waals surface area contributed by atoms with Gasteiger partial charge < -0.3 is 11.1 Å². The van der Waals surface area contributed by atoms with E-state index in [4.69, 9.17) is 5.73 Å². The van der Waals surface area contributed by atoms with Gasteiger partial charge in [0.1, 0.15) is 0 Å². The number of hydrogen-bond donors (Lipinski definition) is 2. The van der Waals surface area contributed by atoms with Gasteiger partial charge in [-0.15, -0.1) is 0 Å². The highest BCUT2D eigenvalue weighted by molar-refractivity contribution is 7.22. The number of para-hydroxylation sites is 1. The number of anilines is 1. The Bertz CT molecular complexity index is 577. The highest BCUT2D eigenvalue weighted by Crippen LogP contribution is 2.31. The SMILES string of the molecule is NCC1CCCCC1C(=O)Nc1nc2ccccc2s1. The Morgan fingerprint density at radius 3 is 2.95 bits per heavy atom. The lowest BCUT2D eigenvalue weighted by molar-refractivity contribution is -0.122. The third-order valence-electron chi connectivity index (χ3n) is 4.07. The number of aromatic nitrogens is 1. The molecule has 106 valence electrons. The highest BCUT2D eigenvalue weighted by atomic mass is 32.1. The summed E-state index contributed by atoms with van der Waals surface area (Å²) >= 11 is 1.52. The number of carbonyl (C=O) groups excluding carboxylic acids is 1. The van der Waals surface area contributed by atoms with Crippen LogP contribution in [-0.4, -0.2) is 17.4 Å². The number of fused-ring (bicyclic) bond motifs is 1. The molecule has 0 spiro atoms. The van der Waals surface area contributed by atoms with Gasteiger partial charge >= 0.3 is 0 Å². The van der Waals surface area contributed by atoms with E-state index >= 15 is 0 Å². The Labute approximate surface area is 122 Å². The Balaban J connectivity index is 1.74. The monoisotopic (exact) mass is 289 g/mol. The standard InChI is InChI=1S/C15H19N3OS/c16-9-10-5-1-2-6-11(10)14(19)18-15-17-12-7-3-4-8-13(12)20-15/h3-4,7-8,10-11H,1-2,5-6,9,16H2,(H,17,18,19). The van der Waals surface area contributed by atoms with Crippen LogP contribution in [0.4, 0.5) is 5.13 Å². The molecule has 1 aliphatic rings. The smallest absolute Gasteiger partial charge is 0.229 e. The van der Waals surface area contributed by atoms with Crippen molar-refractivity contribution in [3.05, 3.63) is 24.3 Å². The van der Waals surface area contributed by atoms with E-state index in [0.717, 1.165) is 29.5 Å². The summed E-state index contributed by atoms with van der Waals surface area (Å²) in [5, 5.41) is 3.67. The van der Waals surface area contributed by atoms with Gasteiger partial charge in [-0.1, -0.05) is 36.3 Å². The fourth-order valence-corrected chi connectivity index (χ4v) is 3.83. The summed E-state index contributed by atoms with van der Waals surface area (Å²) in [7, 11) is 0. The minimum atomic E-state index is 0.0424. The van der Waals surface area contributed by atoms with E-state index in [1.165, 1.54) is 17.8 Å². The first-order chi connectivity index (χ1) is 9.78. The van der Waals surface area contributed by atoms with Gasteiger partial charge in [0.15, 0.2) is 5.13 Å². The normalized spacial score (nSPS) is 22.9. The first kappa shape index (κ1) is 13.5. The predicted octanol–water partition coefficient (Wildman–Crippen LogP) is 3.00. The Morgan fingerprint density at radius 1 is 1.35 bits per heavy atom. The van der Waals surface area contributed by atoms with E-state index in [1.54, 1.807) is 0 Å². The molecule has 5 heteroatoms. The van der Waals surface area contributed by atoms with Crippen LogP contribution in [0.3, 0.4) is 0 Å². The Morgan fingerprint density at radius 2 is 2.15 bits per heavy atom. The summed E-state index contributed by atoms with van der Waals surface area (Å²) in [5.41, 5.74) is 6.73. The van der Waals surface area contributed by atoms with Gasteiger partial charge in [0.25, 0.3) is 0 Å². The van der Waals surface area contributed by atoms with Gasteiger partial charge in [-0.2, -0.15) is 0 Å². The van der Waals surface area contributed by atoms with Crippen molar-refractivity contribution in [3.63, 3.8) is 0 Å². The van der Waals surface area contributed by atoms with Crippen LogP contribution >= 0.6 is 11.3 Å². The highest BCUT2D eigenvalue weighted by Gasteiger charge is 2.30. The third-order valence-corrected chi connectivity index (χ3v) is 5.02. The number of benzene rings is 1. The average Bonchev–Trinajstić information content (AvgIpc) is 2.89. The molecule has 1 heterocycles. The van der Waals surface area contributed by atoms with E-state index in [9.17, 15) is 4.79 Å². The van der Waals surface area contributed by atoms with Gasteiger partial charge in [-0.25, -0.2) is 4.98 Å². The first-order valence-electron chi connectivity index (χ1n) is 7.14. The van der Waals surface area contributed by atoms with Crippen LogP contribution in [-0.2, 0) is 4.79 Å². The first-order valence-corrected chi connectivity index (χ1v) is 7.96. The molecule has 0 saturated heterocycles. The minimum absolute atomic E-state index is 0.0424. The second-order valence-electron chi connectivity index (χ2n) is 5.36. The van der Waals surface area contributed by atoms with E-state index < -0.39 is 0 Å². The molecule has 20 heavy (non-hydrogen) atoms. The quantitative estimate of drug-likeness (QED) is 0.912. The number of nitrogens with zero attached hydrogens (tertiary/aromatic N) is 1. The number of nitrogens with one attached hydrogen (secondary N) is 1. The molecular formula is C15H19N3OS. The topological polar surface area (TPSA) is 68.0 Å². The Hall–Kier alpha value is -1.46. The maximum absolute atomic E-state index is 12.4. The van der Waals surface area contributed by atoms with Gasteiger partial charge in [0.05, 0.1) is 10.2 Å². The summed E-state index contributed by atoms with van der Waals surface area (Å²) in [6.07, 6.45) is 4.31. The van der Waals surface area contributed by atoms with Gasteiger partial charge in [0.2, 0.25) is 5.91 Å². The van der Waals surface area contributed by atoms with E-state index in [-0.39, 0.29) is 11.8 Å². The van der Waals surface area contributed by atoms with E-state index in [2.05, 4.69) is 10.3 Å². The summed E-state index contributed by atoms with van der Waals surface area (Å²) in [4.78, 5) is 16.9. The van der Waals surface area contributed by atoms with Crippen LogP contribution in [0.25, 0.3) is 10.2 Å². The minimum Gasteiger partial charge on any atom is -0.330 e. The number of carbonyl (C=O) groups is 1. The van der Waals surface area contributed by atoms with Gasteiger partial charge in [-0.3, -0.25) is 4.79 Å². The number of rotatable bonds is 3. The lowest BCUT2D eigenvalue weighted by atomic mass is 9.79. The molecule has 1 amide bonds. The molecule has 4 nitrogen and oxygen atoms in total. The van der Waals surface area contributed by atoms with Crippen LogP contribution in [0.2, 0.25) is 0 Å². The van der Waals surface area contributed by atoms with E-state index in [1.807, 2.05) is 24.3 Å². The molecule has 1 aromatic carbocycles. The van der Waals surface area contributed by atoms with Crippen LogP contribution < -0.4 is 11.1 Å². The van der Waals surface area contributed by atoms with Gasteiger partial charge in [0, 0.05) is 5.92 Å². The van der Waals surface area contributed by atoms with Crippen LogP contribution in [0.5, 0.6) is 0 Å². The molecular weight excluding hydrogens is 270 g/mol.